The van der Waals surface area contributed by atoms with Crippen LogP contribution < -0.4 is 14.8 Å². The fourth-order valence-electron chi connectivity index (χ4n) is 2.06. The molecule has 0 saturated heterocycles. The average molecular weight is 288 g/mol. The maximum Gasteiger partial charge on any atom is 0.586 e. The van der Waals surface area contributed by atoms with E-state index in [-0.39, 0.29) is 11.5 Å². The van der Waals surface area contributed by atoms with Crippen molar-refractivity contribution in [1.29, 1.82) is 5.26 Å². The Morgan fingerprint density at radius 1 is 1.05 bits per heavy atom. The summed E-state index contributed by atoms with van der Waals surface area (Å²) < 4.78 is 34.6. The number of rotatable bonds is 2. The normalized spacial score (nSPS) is 14.6. The summed E-state index contributed by atoms with van der Waals surface area (Å²) in [5.41, 5.74) is 2.75. The van der Waals surface area contributed by atoms with Crippen molar-refractivity contribution < 1.29 is 18.3 Å². The Kier molecular flexibility index (Phi) is 2.91. The molecule has 0 atom stereocenters. The Hall–Kier alpha value is -2.81. The third-order valence-electron chi connectivity index (χ3n) is 3.04. The second kappa shape index (κ2) is 4.63. The van der Waals surface area contributed by atoms with Gasteiger partial charge in [0.05, 0.1) is 11.6 Å². The highest BCUT2D eigenvalue weighted by molar-refractivity contribution is 5.65. The fraction of sp³-hybridized carbons (Fsp3) is 0.133. The van der Waals surface area contributed by atoms with Gasteiger partial charge in [-0.2, -0.15) is 5.26 Å². The second-order valence-corrected chi connectivity index (χ2v) is 4.60. The number of nitrogens with zero attached hydrogens (tertiary/aromatic N) is 1. The van der Waals surface area contributed by atoms with Crippen molar-refractivity contribution in [2.45, 2.75) is 13.2 Å². The minimum absolute atomic E-state index is 0.00144. The average Bonchev–Trinajstić information content (AvgIpc) is 2.72. The molecule has 21 heavy (non-hydrogen) atoms. The number of nitriles is 1. The molecule has 0 saturated carbocycles. The molecule has 0 radical (unpaired) electrons. The molecule has 0 aliphatic carbocycles. The van der Waals surface area contributed by atoms with Gasteiger partial charge in [0.2, 0.25) is 0 Å². The van der Waals surface area contributed by atoms with E-state index in [4.69, 9.17) is 5.26 Å². The van der Waals surface area contributed by atoms with Crippen LogP contribution in [-0.4, -0.2) is 6.29 Å². The Balaban J connectivity index is 1.84. The van der Waals surface area contributed by atoms with Crippen LogP contribution in [0, 0.1) is 18.3 Å². The first-order valence-electron chi connectivity index (χ1n) is 6.14. The van der Waals surface area contributed by atoms with Crippen LogP contribution in [0.25, 0.3) is 0 Å². The van der Waals surface area contributed by atoms with E-state index in [1.165, 1.54) is 12.1 Å². The third-order valence-corrected chi connectivity index (χ3v) is 3.04. The van der Waals surface area contributed by atoms with Gasteiger partial charge >= 0.3 is 6.29 Å². The second-order valence-electron chi connectivity index (χ2n) is 4.60. The molecular weight excluding hydrogens is 278 g/mol. The first-order valence-corrected chi connectivity index (χ1v) is 6.14. The molecule has 1 aliphatic rings. The van der Waals surface area contributed by atoms with E-state index in [0.717, 1.165) is 11.3 Å². The zero-order valence-corrected chi connectivity index (χ0v) is 11.0. The van der Waals surface area contributed by atoms with Crippen molar-refractivity contribution in [3.8, 4) is 17.6 Å². The van der Waals surface area contributed by atoms with Gasteiger partial charge in [-0.3, -0.25) is 0 Å². The maximum atomic E-state index is 12.9. The molecule has 6 heteroatoms. The van der Waals surface area contributed by atoms with Crippen LogP contribution in [0.2, 0.25) is 0 Å². The van der Waals surface area contributed by atoms with E-state index in [1.54, 1.807) is 24.3 Å². The van der Waals surface area contributed by atoms with Crippen molar-refractivity contribution in [2.24, 2.45) is 0 Å². The Bertz CT molecular complexity index is 754. The number of benzene rings is 2. The van der Waals surface area contributed by atoms with Crippen LogP contribution in [0.4, 0.5) is 20.2 Å². The minimum atomic E-state index is -3.62. The van der Waals surface area contributed by atoms with Crippen molar-refractivity contribution in [3.63, 3.8) is 0 Å². The van der Waals surface area contributed by atoms with Crippen LogP contribution >= 0.6 is 0 Å². The largest absolute Gasteiger partial charge is 0.586 e. The molecule has 0 bridgehead atoms. The number of alkyl halides is 2. The Morgan fingerprint density at radius 2 is 1.71 bits per heavy atom. The first kappa shape index (κ1) is 13.2. The van der Waals surface area contributed by atoms with Gasteiger partial charge < -0.3 is 14.8 Å². The van der Waals surface area contributed by atoms with E-state index in [0.29, 0.717) is 11.3 Å². The molecule has 4 nitrogen and oxygen atoms in total. The topological polar surface area (TPSA) is 54.3 Å². The smallest absolute Gasteiger partial charge is 0.395 e. The Labute approximate surface area is 119 Å². The molecule has 1 heterocycles. The van der Waals surface area contributed by atoms with Crippen LogP contribution in [0.5, 0.6) is 11.5 Å². The van der Waals surface area contributed by atoms with E-state index in [9.17, 15) is 8.78 Å². The monoisotopic (exact) mass is 288 g/mol. The molecule has 0 aromatic heterocycles. The number of fused-ring (bicyclic) bond motifs is 1. The summed E-state index contributed by atoms with van der Waals surface area (Å²) in [6, 6.07) is 11.8. The molecule has 0 spiro atoms. The molecule has 1 aliphatic heterocycles. The van der Waals surface area contributed by atoms with E-state index in [2.05, 4.69) is 20.9 Å². The number of hydrogen-bond donors (Lipinski definition) is 1. The molecule has 0 fully saturated rings. The number of aryl methyl sites for hydroxylation is 1. The zero-order valence-electron chi connectivity index (χ0n) is 11.0. The van der Waals surface area contributed by atoms with E-state index < -0.39 is 6.29 Å². The summed E-state index contributed by atoms with van der Waals surface area (Å²) in [5, 5.41) is 11.9. The summed E-state index contributed by atoms with van der Waals surface area (Å²) in [7, 11) is 0. The van der Waals surface area contributed by atoms with Crippen molar-refractivity contribution >= 4 is 11.4 Å². The molecule has 2 aromatic rings. The predicted molar refractivity (Wildman–Crippen MR) is 71.8 cm³/mol. The van der Waals surface area contributed by atoms with Crippen LogP contribution in [0.15, 0.2) is 36.4 Å². The lowest BCUT2D eigenvalue weighted by Crippen LogP contribution is -2.25. The lowest BCUT2D eigenvalue weighted by molar-refractivity contribution is -0.286. The molecular formula is C15H10F2N2O2. The van der Waals surface area contributed by atoms with E-state index in [1.807, 2.05) is 6.92 Å². The van der Waals surface area contributed by atoms with Crippen molar-refractivity contribution in [1.82, 2.24) is 0 Å². The molecule has 0 amide bonds. The van der Waals surface area contributed by atoms with Gasteiger partial charge in [-0.05, 0) is 42.8 Å². The summed E-state index contributed by atoms with van der Waals surface area (Å²) in [5.74, 6) is -0.0167. The fourth-order valence-corrected chi connectivity index (χ4v) is 2.06. The minimum Gasteiger partial charge on any atom is -0.395 e. The highest BCUT2D eigenvalue weighted by Crippen LogP contribution is 2.42. The molecule has 1 N–H and O–H groups in total. The first-order chi connectivity index (χ1) is 9.97. The lowest BCUT2D eigenvalue weighted by Gasteiger charge is -2.08. The molecule has 106 valence electrons. The van der Waals surface area contributed by atoms with Crippen LogP contribution in [0.3, 0.4) is 0 Å². The number of anilines is 2. The number of hydrogen-bond acceptors (Lipinski definition) is 4. The van der Waals surface area contributed by atoms with Gasteiger partial charge in [0, 0.05) is 17.4 Å². The van der Waals surface area contributed by atoms with Gasteiger partial charge in [-0.15, -0.1) is 8.78 Å². The zero-order chi connectivity index (χ0) is 15.0. The van der Waals surface area contributed by atoms with Gasteiger partial charge in [0.1, 0.15) is 0 Å². The number of nitrogens with one attached hydrogen (secondary N) is 1. The standard InChI is InChI=1S/C15H10F2N2O2/c1-9-6-11(3-2-10(9)8-18)19-12-4-5-13-14(7-12)21-15(16,17)20-13/h2-7,19H,1H3. The number of halogens is 2. The SMILES string of the molecule is Cc1cc(Nc2ccc3c(c2)OC(F)(F)O3)ccc1C#N. The predicted octanol–water partition coefficient (Wildman–Crippen LogP) is 3.93. The van der Waals surface area contributed by atoms with Gasteiger partial charge in [0.25, 0.3) is 0 Å². The Morgan fingerprint density at radius 3 is 2.43 bits per heavy atom. The summed E-state index contributed by atoms with van der Waals surface area (Å²) in [4.78, 5) is 0. The highest BCUT2D eigenvalue weighted by Gasteiger charge is 2.43. The van der Waals surface area contributed by atoms with Crippen molar-refractivity contribution in [3.05, 3.63) is 47.5 Å². The van der Waals surface area contributed by atoms with E-state index >= 15 is 0 Å². The summed E-state index contributed by atoms with van der Waals surface area (Å²) in [6.45, 7) is 1.82. The molecule has 3 rings (SSSR count). The van der Waals surface area contributed by atoms with Crippen molar-refractivity contribution in [2.75, 3.05) is 5.32 Å². The number of ether oxygens (including phenoxy) is 2. The summed E-state index contributed by atoms with van der Waals surface area (Å²) in [6.07, 6.45) is -3.62. The van der Waals surface area contributed by atoms with Gasteiger partial charge in [-0.1, -0.05) is 0 Å². The van der Waals surface area contributed by atoms with Crippen LogP contribution in [-0.2, 0) is 0 Å². The summed E-state index contributed by atoms with van der Waals surface area (Å²) >= 11 is 0. The lowest BCUT2D eigenvalue weighted by atomic mass is 10.1. The van der Waals surface area contributed by atoms with Gasteiger partial charge in [-0.25, -0.2) is 0 Å². The third kappa shape index (κ3) is 2.58. The van der Waals surface area contributed by atoms with Crippen LogP contribution in [0.1, 0.15) is 11.1 Å². The van der Waals surface area contributed by atoms with Gasteiger partial charge in [0.15, 0.2) is 11.5 Å². The highest BCUT2D eigenvalue weighted by atomic mass is 19.3. The maximum absolute atomic E-state index is 12.9. The quantitative estimate of drug-likeness (QED) is 0.909. The molecule has 0 unspecified atom stereocenters. The molecule has 2 aromatic carbocycles.